The van der Waals surface area contributed by atoms with E-state index in [0.29, 0.717) is 34.9 Å². The number of nitrogens with one attached hydrogen (secondary N) is 1. The van der Waals surface area contributed by atoms with Crippen LogP contribution in [-0.4, -0.2) is 46.1 Å². The Morgan fingerprint density at radius 3 is 2.26 bits per heavy atom. The highest BCUT2D eigenvalue weighted by atomic mass is 16.5. The van der Waals surface area contributed by atoms with E-state index in [2.05, 4.69) is 15.6 Å². The van der Waals surface area contributed by atoms with Gasteiger partial charge in [-0.05, 0) is 81.8 Å². The van der Waals surface area contributed by atoms with Gasteiger partial charge in [0.1, 0.15) is 29.6 Å². The van der Waals surface area contributed by atoms with Gasteiger partial charge in [0.25, 0.3) is 0 Å². The second-order valence-corrected chi connectivity index (χ2v) is 9.84. The summed E-state index contributed by atoms with van der Waals surface area (Å²) in [6.45, 7) is 8.04. The molecular weight excluding hydrogens is 482 g/mol. The summed E-state index contributed by atoms with van der Waals surface area (Å²) in [5.74, 6) is 0.686. The Hall–Kier alpha value is -4.40. The van der Waals surface area contributed by atoms with E-state index < -0.39 is 11.6 Å². The van der Waals surface area contributed by atoms with Crippen LogP contribution in [0, 0.1) is 0 Å². The van der Waals surface area contributed by atoms with Crippen LogP contribution in [0.25, 0.3) is 11.0 Å². The van der Waals surface area contributed by atoms with Gasteiger partial charge in [-0.25, -0.2) is 4.68 Å². The van der Waals surface area contributed by atoms with E-state index in [1.165, 1.54) is 4.90 Å². The van der Waals surface area contributed by atoms with Crippen molar-refractivity contribution in [3.63, 3.8) is 0 Å². The number of methoxy groups -OCH3 is 1. The third-order valence-electron chi connectivity index (χ3n) is 5.84. The first-order valence-electron chi connectivity index (χ1n) is 12.5. The second kappa shape index (κ2) is 11.3. The van der Waals surface area contributed by atoms with Crippen molar-refractivity contribution < 1.29 is 19.1 Å². The molecule has 0 spiro atoms. The van der Waals surface area contributed by atoms with Crippen molar-refractivity contribution in [3.8, 4) is 11.5 Å². The topological polar surface area (TPSA) is 98.6 Å². The summed E-state index contributed by atoms with van der Waals surface area (Å²) in [6, 6.07) is 20.8. The smallest absolute Gasteiger partial charge is 0.249 e. The number of rotatable bonds is 9. The van der Waals surface area contributed by atoms with Crippen molar-refractivity contribution in [3.05, 3.63) is 78.4 Å². The number of carbonyl (C=O) groups is 2. The van der Waals surface area contributed by atoms with E-state index in [1.807, 2.05) is 64.1 Å². The summed E-state index contributed by atoms with van der Waals surface area (Å²) in [6.07, 6.45) is 0. The first-order valence-corrected chi connectivity index (χ1v) is 12.5. The van der Waals surface area contributed by atoms with Gasteiger partial charge in [0, 0.05) is 11.2 Å². The molecule has 0 fully saturated rings. The SMILES string of the molecule is CCOc1ccc(C(C(=O)NC(C)(C)C)N(C(=O)Cn2nnc3ccccc32)c2ccc(OC)cc2)cc1. The van der Waals surface area contributed by atoms with Crippen LogP contribution in [-0.2, 0) is 16.1 Å². The largest absolute Gasteiger partial charge is 0.497 e. The minimum Gasteiger partial charge on any atom is -0.497 e. The zero-order chi connectivity index (χ0) is 27.3. The number of amides is 2. The second-order valence-electron chi connectivity index (χ2n) is 9.84. The monoisotopic (exact) mass is 515 g/mol. The molecule has 2 amide bonds. The van der Waals surface area contributed by atoms with Gasteiger partial charge in [-0.15, -0.1) is 5.10 Å². The average molecular weight is 516 g/mol. The van der Waals surface area contributed by atoms with Crippen molar-refractivity contribution in [1.82, 2.24) is 20.3 Å². The van der Waals surface area contributed by atoms with Crippen molar-refractivity contribution in [2.75, 3.05) is 18.6 Å². The van der Waals surface area contributed by atoms with E-state index >= 15 is 0 Å². The molecule has 0 radical (unpaired) electrons. The Kier molecular flexibility index (Phi) is 7.95. The molecule has 1 aromatic heterocycles. The van der Waals surface area contributed by atoms with Crippen LogP contribution in [0.4, 0.5) is 5.69 Å². The number of hydrogen-bond acceptors (Lipinski definition) is 6. The van der Waals surface area contributed by atoms with Crippen LogP contribution in [0.2, 0.25) is 0 Å². The van der Waals surface area contributed by atoms with Gasteiger partial charge < -0.3 is 14.8 Å². The zero-order valence-electron chi connectivity index (χ0n) is 22.3. The molecule has 0 saturated carbocycles. The molecule has 0 aliphatic carbocycles. The molecule has 3 aromatic carbocycles. The maximum atomic E-state index is 14.1. The fraction of sp³-hybridized carbons (Fsp3) is 0.310. The van der Waals surface area contributed by atoms with Crippen molar-refractivity contribution in [2.24, 2.45) is 0 Å². The molecule has 4 aromatic rings. The minimum atomic E-state index is -0.958. The van der Waals surface area contributed by atoms with E-state index in [4.69, 9.17) is 9.47 Å². The highest BCUT2D eigenvalue weighted by molar-refractivity contribution is 6.01. The summed E-state index contributed by atoms with van der Waals surface area (Å²) >= 11 is 0. The van der Waals surface area contributed by atoms with Crippen LogP contribution in [0.15, 0.2) is 72.8 Å². The number of hydrogen-bond donors (Lipinski definition) is 1. The molecule has 1 heterocycles. The molecule has 198 valence electrons. The maximum absolute atomic E-state index is 14.1. The standard InChI is InChI=1S/C29H33N5O4/c1-6-38-23-15-11-20(12-16-23)27(28(36)30-29(2,3)4)34(21-13-17-22(37-5)18-14-21)26(35)19-33-25-10-8-7-9-24(25)31-32-33/h7-18,27H,6,19H2,1-5H3,(H,30,36). The summed E-state index contributed by atoms with van der Waals surface area (Å²) in [5.41, 5.74) is 2.08. The fourth-order valence-electron chi connectivity index (χ4n) is 4.19. The van der Waals surface area contributed by atoms with Gasteiger partial charge in [0.05, 0.1) is 19.2 Å². The average Bonchev–Trinajstić information content (AvgIpc) is 3.29. The van der Waals surface area contributed by atoms with Gasteiger partial charge in [-0.3, -0.25) is 14.5 Å². The number of aromatic nitrogens is 3. The van der Waals surface area contributed by atoms with Crippen LogP contribution < -0.4 is 19.7 Å². The summed E-state index contributed by atoms with van der Waals surface area (Å²) in [5, 5.41) is 11.4. The fourth-order valence-corrected chi connectivity index (χ4v) is 4.19. The minimum absolute atomic E-state index is 0.108. The zero-order valence-corrected chi connectivity index (χ0v) is 22.3. The summed E-state index contributed by atoms with van der Waals surface area (Å²) in [7, 11) is 1.58. The Labute approximate surface area is 222 Å². The van der Waals surface area contributed by atoms with Crippen LogP contribution in [0.1, 0.15) is 39.3 Å². The van der Waals surface area contributed by atoms with Gasteiger partial charge in [0.2, 0.25) is 11.8 Å². The Morgan fingerprint density at radius 1 is 0.974 bits per heavy atom. The Bertz CT molecular complexity index is 1390. The third-order valence-corrected chi connectivity index (χ3v) is 5.84. The molecule has 0 aliphatic heterocycles. The molecule has 0 aliphatic rings. The Morgan fingerprint density at radius 2 is 1.63 bits per heavy atom. The van der Waals surface area contributed by atoms with Crippen molar-refractivity contribution in [2.45, 2.75) is 45.8 Å². The number of fused-ring (bicyclic) bond motifs is 1. The lowest BCUT2D eigenvalue weighted by atomic mass is 10.0. The van der Waals surface area contributed by atoms with Crippen LogP contribution >= 0.6 is 0 Å². The maximum Gasteiger partial charge on any atom is 0.249 e. The van der Waals surface area contributed by atoms with Gasteiger partial charge in [0.15, 0.2) is 0 Å². The van der Waals surface area contributed by atoms with E-state index in [0.717, 1.165) is 5.52 Å². The third kappa shape index (κ3) is 6.11. The first kappa shape index (κ1) is 26.7. The van der Waals surface area contributed by atoms with Crippen molar-refractivity contribution in [1.29, 1.82) is 0 Å². The molecule has 0 saturated heterocycles. The first-order chi connectivity index (χ1) is 18.2. The molecule has 1 atom stereocenters. The quantitative estimate of drug-likeness (QED) is 0.352. The number of anilines is 1. The van der Waals surface area contributed by atoms with E-state index in [9.17, 15) is 9.59 Å². The summed E-state index contributed by atoms with van der Waals surface area (Å²) < 4.78 is 12.5. The molecule has 9 nitrogen and oxygen atoms in total. The Balaban J connectivity index is 1.81. The highest BCUT2D eigenvalue weighted by Crippen LogP contribution is 2.31. The van der Waals surface area contributed by atoms with Gasteiger partial charge >= 0.3 is 0 Å². The predicted molar refractivity (Wildman–Crippen MR) is 146 cm³/mol. The number of ether oxygens (including phenoxy) is 2. The number of carbonyl (C=O) groups excluding carboxylic acids is 2. The lowest BCUT2D eigenvalue weighted by Gasteiger charge is -2.34. The van der Waals surface area contributed by atoms with Gasteiger partial charge in [-0.1, -0.05) is 29.5 Å². The predicted octanol–water partition coefficient (Wildman–Crippen LogP) is 4.53. The normalized spacial score (nSPS) is 12.1. The van der Waals surface area contributed by atoms with Crippen LogP contribution in [0.5, 0.6) is 11.5 Å². The van der Waals surface area contributed by atoms with Crippen LogP contribution in [0.3, 0.4) is 0 Å². The molecule has 0 bridgehead atoms. The summed E-state index contributed by atoms with van der Waals surface area (Å²) in [4.78, 5) is 29.4. The molecular formula is C29H33N5O4. The lowest BCUT2D eigenvalue weighted by molar-refractivity contribution is -0.128. The van der Waals surface area contributed by atoms with E-state index in [1.54, 1.807) is 48.2 Å². The number of nitrogens with zero attached hydrogens (tertiary/aromatic N) is 4. The molecule has 9 heteroatoms. The number of benzene rings is 3. The highest BCUT2D eigenvalue weighted by Gasteiger charge is 2.35. The molecule has 1 unspecified atom stereocenters. The molecule has 1 N–H and O–H groups in total. The molecule has 38 heavy (non-hydrogen) atoms. The van der Waals surface area contributed by atoms with E-state index in [-0.39, 0.29) is 18.4 Å². The van der Waals surface area contributed by atoms with Gasteiger partial charge in [-0.2, -0.15) is 0 Å². The lowest BCUT2D eigenvalue weighted by Crippen LogP contribution is -2.50. The number of para-hydroxylation sites is 1. The van der Waals surface area contributed by atoms with Crippen molar-refractivity contribution >= 4 is 28.5 Å². The molecule has 4 rings (SSSR count).